The highest BCUT2D eigenvalue weighted by Gasteiger charge is 2.23. The number of nitrogens with zero attached hydrogens (tertiary/aromatic N) is 4. The molecule has 0 bridgehead atoms. The molecule has 2 N–H and O–H groups in total. The minimum Gasteiger partial charge on any atom is -0.302 e. The number of thioether (sulfide) groups is 1. The summed E-state index contributed by atoms with van der Waals surface area (Å²) in [6.07, 6.45) is 0.664. The molecule has 13 heteroatoms. The van der Waals surface area contributed by atoms with Crippen molar-refractivity contribution in [2.45, 2.75) is 36.9 Å². The van der Waals surface area contributed by atoms with E-state index in [-0.39, 0.29) is 21.2 Å². The molecule has 1 aromatic heterocycles. The van der Waals surface area contributed by atoms with Crippen molar-refractivity contribution in [3.63, 3.8) is 0 Å². The van der Waals surface area contributed by atoms with Gasteiger partial charge in [-0.1, -0.05) is 91.8 Å². The largest absolute Gasteiger partial charge is 0.302 e. The summed E-state index contributed by atoms with van der Waals surface area (Å²) in [5, 5.41) is 9.45. The Morgan fingerprint density at radius 1 is 0.929 bits per heavy atom. The zero-order valence-electron chi connectivity index (χ0n) is 23.2. The molecule has 2 amide bonds. The third-order valence-electron chi connectivity index (χ3n) is 6.39. The van der Waals surface area contributed by atoms with Gasteiger partial charge in [-0.05, 0) is 36.2 Å². The Morgan fingerprint density at radius 2 is 1.64 bits per heavy atom. The topological polar surface area (TPSA) is 126 Å². The molecule has 0 fully saturated rings. The summed E-state index contributed by atoms with van der Waals surface area (Å²) in [6.45, 7) is 4.81. The molecule has 4 rings (SSSR count). The molecular weight excluding hydrogens is 596 g/mol. The number of aromatic nitrogens is 3. The standard InChI is InChI=1S/C29H31ClN6O4S2/c1-3-35(4-2)42(39,40)23-14-10-13-22(19-23)27-32-34-29(36(27)18-17-21-11-6-5-7-12-21)41-20-26(37)31-33-28(38)24-15-8-9-16-25(24)30/h5-16,19H,3-4,17-18,20H2,1-2H3,(H,31,37)(H,33,38). The van der Waals surface area contributed by atoms with E-state index < -0.39 is 21.8 Å². The Morgan fingerprint density at radius 3 is 2.36 bits per heavy atom. The lowest BCUT2D eigenvalue weighted by molar-refractivity contribution is -0.119. The van der Waals surface area contributed by atoms with Crippen molar-refractivity contribution in [1.82, 2.24) is 29.9 Å². The Labute approximate surface area is 254 Å². The zero-order valence-corrected chi connectivity index (χ0v) is 25.5. The number of aryl methyl sites for hydroxylation is 1. The van der Waals surface area contributed by atoms with Crippen LogP contribution >= 0.6 is 23.4 Å². The molecule has 3 aromatic carbocycles. The summed E-state index contributed by atoms with van der Waals surface area (Å²) in [7, 11) is -3.68. The predicted octanol–water partition coefficient (Wildman–Crippen LogP) is 4.43. The van der Waals surface area contributed by atoms with Crippen LogP contribution in [0.2, 0.25) is 5.02 Å². The second-order valence-corrected chi connectivity index (χ2v) is 12.4. The van der Waals surface area contributed by atoms with Crippen LogP contribution in [0.3, 0.4) is 0 Å². The molecule has 0 aliphatic rings. The molecule has 220 valence electrons. The van der Waals surface area contributed by atoms with Crippen LogP contribution in [0.25, 0.3) is 11.4 Å². The number of benzene rings is 3. The fraction of sp³-hybridized carbons (Fsp3) is 0.241. The second-order valence-electron chi connectivity index (χ2n) is 9.08. The van der Waals surface area contributed by atoms with Gasteiger partial charge in [0.25, 0.3) is 5.91 Å². The molecule has 0 saturated heterocycles. The van der Waals surface area contributed by atoms with Gasteiger partial charge in [0.2, 0.25) is 15.9 Å². The van der Waals surface area contributed by atoms with E-state index >= 15 is 0 Å². The van der Waals surface area contributed by atoms with E-state index in [2.05, 4.69) is 21.0 Å². The highest BCUT2D eigenvalue weighted by atomic mass is 35.5. The maximum Gasteiger partial charge on any atom is 0.271 e. The minimum absolute atomic E-state index is 0.0529. The van der Waals surface area contributed by atoms with E-state index in [1.54, 1.807) is 62.4 Å². The van der Waals surface area contributed by atoms with Gasteiger partial charge in [0.15, 0.2) is 11.0 Å². The van der Waals surface area contributed by atoms with Crippen molar-refractivity contribution < 1.29 is 18.0 Å². The van der Waals surface area contributed by atoms with Crippen LogP contribution in [-0.4, -0.2) is 58.1 Å². The van der Waals surface area contributed by atoms with E-state index in [9.17, 15) is 18.0 Å². The molecule has 0 aliphatic heterocycles. The van der Waals surface area contributed by atoms with E-state index in [1.807, 2.05) is 34.9 Å². The lowest BCUT2D eigenvalue weighted by atomic mass is 10.1. The second kappa shape index (κ2) is 14.5. The normalized spacial score (nSPS) is 11.4. The Hall–Kier alpha value is -3.71. The number of hydrazine groups is 1. The molecule has 1 heterocycles. The lowest BCUT2D eigenvalue weighted by Crippen LogP contribution is -2.42. The first-order valence-corrected chi connectivity index (χ1v) is 16.1. The average molecular weight is 627 g/mol. The van der Waals surface area contributed by atoms with Crippen molar-refractivity contribution in [2.75, 3.05) is 18.8 Å². The number of hydrogen-bond acceptors (Lipinski definition) is 7. The maximum atomic E-state index is 13.2. The quantitative estimate of drug-likeness (QED) is 0.176. The number of carbonyl (C=O) groups is 2. The highest BCUT2D eigenvalue weighted by Crippen LogP contribution is 2.27. The van der Waals surface area contributed by atoms with E-state index in [4.69, 9.17) is 11.6 Å². The molecule has 0 saturated carbocycles. The molecule has 0 atom stereocenters. The van der Waals surface area contributed by atoms with Crippen molar-refractivity contribution >= 4 is 45.2 Å². The molecule has 0 unspecified atom stereocenters. The first-order valence-electron chi connectivity index (χ1n) is 13.3. The van der Waals surface area contributed by atoms with Gasteiger partial charge in [0.1, 0.15) is 0 Å². The first kappa shape index (κ1) is 31.2. The first-order chi connectivity index (χ1) is 20.2. The molecule has 4 aromatic rings. The van der Waals surface area contributed by atoms with Crippen molar-refractivity contribution in [3.8, 4) is 11.4 Å². The van der Waals surface area contributed by atoms with Crippen LogP contribution in [0.15, 0.2) is 88.9 Å². The molecule has 42 heavy (non-hydrogen) atoms. The fourth-order valence-electron chi connectivity index (χ4n) is 4.21. The number of rotatable bonds is 12. The number of carbonyl (C=O) groups excluding carboxylic acids is 2. The van der Waals surface area contributed by atoms with Crippen LogP contribution in [0, 0.1) is 0 Å². The average Bonchev–Trinajstić information content (AvgIpc) is 3.41. The number of halogens is 1. The van der Waals surface area contributed by atoms with Crippen molar-refractivity contribution in [2.24, 2.45) is 0 Å². The van der Waals surface area contributed by atoms with E-state index in [1.165, 1.54) is 4.31 Å². The predicted molar refractivity (Wildman–Crippen MR) is 163 cm³/mol. The summed E-state index contributed by atoms with van der Waals surface area (Å²) in [5.41, 5.74) is 6.69. The summed E-state index contributed by atoms with van der Waals surface area (Å²) in [4.78, 5) is 25.1. The fourth-order valence-corrected chi connectivity index (χ4v) is 6.70. The zero-order chi connectivity index (χ0) is 30.1. The minimum atomic E-state index is -3.68. The van der Waals surface area contributed by atoms with Gasteiger partial charge in [0.05, 0.1) is 21.2 Å². The number of hydrogen-bond donors (Lipinski definition) is 2. The monoisotopic (exact) mass is 626 g/mol. The molecule has 0 radical (unpaired) electrons. The van der Waals surface area contributed by atoms with Gasteiger partial charge in [-0.2, -0.15) is 4.31 Å². The van der Waals surface area contributed by atoms with Crippen LogP contribution in [0.4, 0.5) is 0 Å². The number of nitrogens with one attached hydrogen (secondary N) is 2. The Bertz CT molecular complexity index is 1640. The SMILES string of the molecule is CCN(CC)S(=O)(=O)c1cccc(-c2nnc(SCC(=O)NNC(=O)c3ccccc3Cl)n2CCc2ccccc2)c1. The number of sulfonamides is 1. The van der Waals surface area contributed by atoms with Gasteiger partial charge < -0.3 is 4.57 Å². The maximum absolute atomic E-state index is 13.2. The summed E-state index contributed by atoms with van der Waals surface area (Å²) in [6, 6.07) is 23.1. The van der Waals surface area contributed by atoms with E-state index in [0.717, 1.165) is 17.3 Å². The highest BCUT2D eigenvalue weighted by molar-refractivity contribution is 7.99. The Kier molecular flexibility index (Phi) is 10.7. The van der Waals surface area contributed by atoms with Gasteiger partial charge >= 0.3 is 0 Å². The third-order valence-corrected chi connectivity index (χ3v) is 9.73. The van der Waals surface area contributed by atoms with Gasteiger partial charge in [-0.15, -0.1) is 10.2 Å². The van der Waals surface area contributed by atoms with Crippen LogP contribution in [0.1, 0.15) is 29.8 Å². The summed E-state index contributed by atoms with van der Waals surface area (Å²) in [5.74, 6) is -0.556. The molecule has 0 aliphatic carbocycles. The molecule has 10 nitrogen and oxygen atoms in total. The lowest BCUT2D eigenvalue weighted by Gasteiger charge is -2.19. The third kappa shape index (κ3) is 7.57. The molecule has 0 spiro atoms. The van der Waals surface area contributed by atoms with Crippen LogP contribution in [0.5, 0.6) is 0 Å². The smallest absolute Gasteiger partial charge is 0.271 e. The number of amides is 2. The van der Waals surface area contributed by atoms with Crippen molar-refractivity contribution in [3.05, 3.63) is 95.0 Å². The van der Waals surface area contributed by atoms with Crippen LogP contribution in [-0.2, 0) is 27.8 Å². The van der Waals surface area contributed by atoms with Gasteiger partial charge in [-0.25, -0.2) is 8.42 Å². The molecular formula is C29H31ClN6O4S2. The van der Waals surface area contributed by atoms with Crippen molar-refractivity contribution in [1.29, 1.82) is 0 Å². The summed E-state index contributed by atoms with van der Waals surface area (Å²) < 4.78 is 29.6. The van der Waals surface area contributed by atoms with E-state index in [0.29, 0.717) is 42.6 Å². The van der Waals surface area contributed by atoms with Gasteiger partial charge in [0, 0.05) is 25.2 Å². The van der Waals surface area contributed by atoms with Gasteiger partial charge in [-0.3, -0.25) is 20.4 Å². The summed E-state index contributed by atoms with van der Waals surface area (Å²) >= 11 is 7.21. The Balaban J connectivity index is 1.54. The van der Waals surface area contributed by atoms with Crippen LogP contribution < -0.4 is 10.9 Å².